The zero-order valence-electron chi connectivity index (χ0n) is 15.3. The van der Waals surface area contributed by atoms with Gasteiger partial charge in [0, 0.05) is 0 Å². The number of rotatable bonds is 9. The average Bonchev–Trinajstić information content (AvgIpc) is 2.60. The predicted octanol–water partition coefficient (Wildman–Crippen LogP) is 6.68. The van der Waals surface area contributed by atoms with Gasteiger partial charge < -0.3 is 4.74 Å². The third-order valence-electron chi connectivity index (χ3n) is 5.31. The highest BCUT2D eigenvalue weighted by molar-refractivity contribution is 5.31. The highest BCUT2D eigenvalue weighted by Crippen LogP contribution is 2.32. The summed E-state index contributed by atoms with van der Waals surface area (Å²) >= 11 is 0. The van der Waals surface area contributed by atoms with Gasteiger partial charge in [0.1, 0.15) is 0 Å². The first kappa shape index (κ1) is 19.2. The van der Waals surface area contributed by atoms with Crippen LogP contribution in [0.15, 0.2) is 12.1 Å². The van der Waals surface area contributed by atoms with Crippen LogP contribution in [0, 0.1) is 23.5 Å². The average molecular weight is 338 g/mol. The Hall–Kier alpha value is -1.12. The Morgan fingerprint density at radius 3 is 2.29 bits per heavy atom. The predicted molar refractivity (Wildman–Crippen MR) is 95.4 cm³/mol. The molecular weight excluding hydrogens is 306 g/mol. The Kier molecular flexibility index (Phi) is 8.01. The lowest BCUT2D eigenvalue weighted by Gasteiger charge is -2.28. The molecule has 0 N–H and O–H groups in total. The lowest BCUT2D eigenvalue weighted by atomic mass is 9.80. The van der Waals surface area contributed by atoms with Gasteiger partial charge in [0.25, 0.3) is 0 Å². The molecule has 0 bridgehead atoms. The Morgan fingerprint density at radius 1 is 0.917 bits per heavy atom. The molecule has 3 heteroatoms. The van der Waals surface area contributed by atoms with E-state index in [-0.39, 0.29) is 5.75 Å². The number of unbranched alkanes of at least 4 members (excludes halogenated alkanes) is 2. The van der Waals surface area contributed by atoms with Crippen LogP contribution in [0.2, 0.25) is 0 Å². The molecule has 136 valence electrons. The topological polar surface area (TPSA) is 9.23 Å². The minimum Gasteiger partial charge on any atom is -0.490 e. The number of hydrogen-bond acceptors (Lipinski definition) is 1. The highest BCUT2D eigenvalue weighted by atomic mass is 19.2. The minimum absolute atomic E-state index is 0.0717. The molecule has 0 saturated heterocycles. The van der Waals surface area contributed by atoms with Crippen molar-refractivity contribution in [2.75, 3.05) is 6.61 Å². The number of ether oxygens (including phenoxy) is 1. The standard InChI is InChI=1S/C21H32F2O/c1-3-5-6-8-18-13-14-19(21(23)20(18)22)24-15-17-11-9-16(7-4-2)10-12-17/h13-14,16-17H,3-12,15H2,1-2H3. The second-order valence-corrected chi connectivity index (χ2v) is 7.29. The summed E-state index contributed by atoms with van der Waals surface area (Å²) in [6.07, 6.45) is 10.9. The molecule has 2 rings (SSSR count). The number of halogens is 2. The van der Waals surface area contributed by atoms with E-state index in [2.05, 4.69) is 13.8 Å². The summed E-state index contributed by atoms with van der Waals surface area (Å²) in [6, 6.07) is 3.28. The van der Waals surface area contributed by atoms with Gasteiger partial charge in [-0.1, -0.05) is 58.4 Å². The van der Waals surface area contributed by atoms with Crippen LogP contribution in [-0.2, 0) is 6.42 Å². The van der Waals surface area contributed by atoms with Crippen LogP contribution in [0.25, 0.3) is 0 Å². The van der Waals surface area contributed by atoms with E-state index in [1.165, 1.54) is 25.7 Å². The van der Waals surface area contributed by atoms with E-state index < -0.39 is 11.6 Å². The Labute approximate surface area is 145 Å². The first-order valence-electron chi connectivity index (χ1n) is 9.75. The summed E-state index contributed by atoms with van der Waals surface area (Å²) in [7, 11) is 0. The largest absolute Gasteiger partial charge is 0.490 e. The Balaban J connectivity index is 1.83. The lowest BCUT2D eigenvalue weighted by molar-refractivity contribution is 0.173. The molecule has 1 aliphatic carbocycles. The van der Waals surface area contributed by atoms with E-state index in [0.29, 0.717) is 24.5 Å². The van der Waals surface area contributed by atoms with Crippen molar-refractivity contribution in [3.8, 4) is 5.75 Å². The maximum Gasteiger partial charge on any atom is 0.200 e. The summed E-state index contributed by atoms with van der Waals surface area (Å²) in [6.45, 7) is 4.84. The van der Waals surface area contributed by atoms with Crippen LogP contribution in [-0.4, -0.2) is 6.61 Å². The summed E-state index contributed by atoms with van der Waals surface area (Å²) in [5.41, 5.74) is 0.466. The van der Waals surface area contributed by atoms with Crippen molar-refractivity contribution in [1.29, 1.82) is 0 Å². The van der Waals surface area contributed by atoms with Gasteiger partial charge in [0.15, 0.2) is 11.6 Å². The van der Waals surface area contributed by atoms with Crippen molar-refractivity contribution in [1.82, 2.24) is 0 Å². The van der Waals surface area contributed by atoms with Crippen molar-refractivity contribution >= 4 is 0 Å². The first-order chi connectivity index (χ1) is 11.7. The zero-order chi connectivity index (χ0) is 17.4. The van der Waals surface area contributed by atoms with Crippen LogP contribution in [0.3, 0.4) is 0 Å². The van der Waals surface area contributed by atoms with E-state index in [1.807, 2.05) is 0 Å². The van der Waals surface area contributed by atoms with E-state index in [4.69, 9.17) is 4.74 Å². The van der Waals surface area contributed by atoms with Crippen molar-refractivity contribution in [3.05, 3.63) is 29.3 Å². The quantitative estimate of drug-likeness (QED) is 0.456. The first-order valence-corrected chi connectivity index (χ1v) is 9.75. The zero-order valence-corrected chi connectivity index (χ0v) is 15.3. The van der Waals surface area contributed by atoms with Crippen LogP contribution in [0.1, 0.15) is 77.2 Å². The molecule has 24 heavy (non-hydrogen) atoms. The van der Waals surface area contributed by atoms with Gasteiger partial charge >= 0.3 is 0 Å². The molecule has 0 aromatic heterocycles. The highest BCUT2D eigenvalue weighted by Gasteiger charge is 2.22. The molecule has 0 unspecified atom stereocenters. The molecule has 1 nitrogen and oxygen atoms in total. The number of aryl methyl sites for hydroxylation is 1. The normalized spacial score (nSPS) is 21.0. The molecule has 1 fully saturated rings. The Bertz CT molecular complexity index is 493. The lowest BCUT2D eigenvalue weighted by Crippen LogP contribution is -2.20. The van der Waals surface area contributed by atoms with E-state index in [0.717, 1.165) is 38.0 Å². The third kappa shape index (κ3) is 5.46. The maximum atomic E-state index is 14.2. The second kappa shape index (κ2) is 10.0. The molecule has 0 heterocycles. The van der Waals surface area contributed by atoms with Crippen molar-refractivity contribution in [3.63, 3.8) is 0 Å². The van der Waals surface area contributed by atoms with Crippen LogP contribution in [0.5, 0.6) is 5.75 Å². The van der Waals surface area contributed by atoms with Gasteiger partial charge in [0.2, 0.25) is 5.82 Å². The van der Waals surface area contributed by atoms with Crippen molar-refractivity contribution < 1.29 is 13.5 Å². The summed E-state index contributed by atoms with van der Waals surface area (Å²) < 4.78 is 33.9. The maximum absolute atomic E-state index is 14.2. The summed E-state index contributed by atoms with van der Waals surface area (Å²) in [4.78, 5) is 0. The van der Waals surface area contributed by atoms with E-state index in [9.17, 15) is 8.78 Å². The van der Waals surface area contributed by atoms with Gasteiger partial charge in [-0.15, -0.1) is 0 Å². The fraction of sp³-hybridized carbons (Fsp3) is 0.714. The molecule has 0 radical (unpaired) electrons. The minimum atomic E-state index is -0.816. The van der Waals surface area contributed by atoms with E-state index in [1.54, 1.807) is 12.1 Å². The van der Waals surface area contributed by atoms with Gasteiger partial charge in [-0.05, 0) is 49.1 Å². The molecule has 0 amide bonds. The van der Waals surface area contributed by atoms with Crippen LogP contribution >= 0.6 is 0 Å². The number of benzene rings is 1. The summed E-state index contributed by atoms with van der Waals surface area (Å²) in [5, 5.41) is 0. The van der Waals surface area contributed by atoms with Crippen LogP contribution in [0.4, 0.5) is 8.78 Å². The second-order valence-electron chi connectivity index (χ2n) is 7.29. The van der Waals surface area contributed by atoms with Gasteiger partial charge in [-0.3, -0.25) is 0 Å². The molecule has 1 aromatic rings. The molecular formula is C21H32F2O. The van der Waals surface area contributed by atoms with Gasteiger partial charge in [-0.2, -0.15) is 4.39 Å². The van der Waals surface area contributed by atoms with Crippen LogP contribution < -0.4 is 4.74 Å². The van der Waals surface area contributed by atoms with Crippen molar-refractivity contribution in [2.45, 2.75) is 78.1 Å². The Morgan fingerprint density at radius 2 is 1.62 bits per heavy atom. The molecule has 1 saturated carbocycles. The monoisotopic (exact) mass is 338 g/mol. The number of hydrogen-bond donors (Lipinski definition) is 0. The molecule has 1 aliphatic rings. The molecule has 0 atom stereocenters. The van der Waals surface area contributed by atoms with E-state index >= 15 is 0 Å². The molecule has 0 aliphatic heterocycles. The fourth-order valence-electron chi connectivity index (χ4n) is 3.74. The molecule has 0 spiro atoms. The SMILES string of the molecule is CCCCCc1ccc(OCC2CCC(CCC)CC2)c(F)c1F. The molecule has 1 aromatic carbocycles. The summed E-state index contributed by atoms with van der Waals surface area (Å²) in [5.74, 6) is -0.144. The fourth-order valence-corrected chi connectivity index (χ4v) is 3.74. The van der Waals surface area contributed by atoms with Crippen molar-refractivity contribution in [2.24, 2.45) is 11.8 Å². The van der Waals surface area contributed by atoms with Gasteiger partial charge in [-0.25, -0.2) is 4.39 Å². The van der Waals surface area contributed by atoms with Gasteiger partial charge in [0.05, 0.1) is 6.61 Å². The smallest absolute Gasteiger partial charge is 0.200 e. The third-order valence-corrected chi connectivity index (χ3v) is 5.31.